The molecule has 1 aromatic rings. The summed E-state index contributed by atoms with van der Waals surface area (Å²) in [6.45, 7) is 1.19. The number of nitro benzene ring substituents is 1. The number of likely N-dealkylation sites (tertiary alicyclic amines) is 1. The molecule has 108 valence electrons. The summed E-state index contributed by atoms with van der Waals surface area (Å²) in [5.41, 5.74) is 0.120. The van der Waals surface area contributed by atoms with E-state index in [0.29, 0.717) is 18.7 Å². The van der Waals surface area contributed by atoms with E-state index in [4.69, 9.17) is 16.7 Å². The van der Waals surface area contributed by atoms with Gasteiger partial charge in [0.2, 0.25) is 0 Å². The van der Waals surface area contributed by atoms with Gasteiger partial charge in [-0.1, -0.05) is 11.6 Å². The fourth-order valence-corrected chi connectivity index (χ4v) is 2.62. The van der Waals surface area contributed by atoms with Gasteiger partial charge >= 0.3 is 0 Å². The number of nitro groups is 1. The summed E-state index contributed by atoms with van der Waals surface area (Å²) >= 11 is 5.81. The lowest BCUT2D eigenvalue weighted by molar-refractivity contribution is -0.384. The van der Waals surface area contributed by atoms with Crippen LogP contribution in [0, 0.1) is 16.0 Å². The maximum atomic E-state index is 12.3. The minimum atomic E-state index is -0.584. The van der Waals surface area contributed by atoms with Gasteiger partial charge in [0.1, 0.15) is 5.02 Å². The molecule has 20 heavy (non-hydrogen) atoms. The average Bonchev–Trinajstić information content (AvgIpc) is 2.46. The number of piperidine rings is 1. The fraction of sp³-hybridized carbons (Fsp3) is 0.462. The number of carbonyl (C=O) groups is 1. The van der Waals surface area contributed by atoms with Crippen molar-refractivity contribution < 1.29 is 14.8 Å². The number of nitrogens with zero attached hydrogens (tertiary/aromatic N) is 2. The van der Waals surface area contributed by atoms with Gasteiger partial charge in [0.05, 0.1) is 4.92 Å². The van der Waals surface area contributed by atoms with Crippen LogP contribution in [0.5, 0.6) is 0 Å². The number of halogens is 1. The van der Waals surface area contributed by atoms with Crippen molar-refractivity contribution in [2.75, 3.05) is 19.7 Å². The van der Waals surface area contributed by atoms with E-state index in [0.717, 1.165) is 12.8 Å². The second-order valence-electron chi connectivity index (χ2n) is 4.87. The Morgan fingerprint density at radius 2 is 2.30 bits per heavy atom. The van der Waals surface area contributed by atoms with Gasteiger partial charge < -0.3 is 10.0 Å². The first-order chi connectivity index (χ1) is 9.52. The number of hydrogen-bond donors (Lipinski definition) is 1. The molecule has 2 rings (SSSR count). The third-order valence-electron chi connectivity index (χ3n) is 3.46. The Bertz CT molecular complexity index is 535. The Balaban J connectivity index is 2.17. The average molecular weight is 299 g/mol. The molecule has 1 heterocycles. The highest BCUT2D eigenvalue weighted by Gasteiger charge is 2.25. The fourth-order valence-electron chi connectivity index (χ4n) is 2.37. The second-order valence-corrected chi connectivity index (χ2v) is 5.27. The van der Waals surface area contributed by atoms with Gasteiger partial charge in [-0.25, -0.2) is 0 Å². The van der Waals surface area contributed by atoms with E-state index in [1.54, 1.807) is 4.90 Å². The molecule has 1 aromatic carbocycles. The molecule has 0 radical (unpaired) electrons. The largest absolute Gasteiger partial charge is 0.396 e. The molecule has 1 unspecified atom stereocenters. The zero-order valence-corrected chi connectivity index (χ0v) is 11.5. The first-order valence-electron chi connectivity index (χ1n) is 6.37. The lowest BCUT2D eigenvalue weighted by atomic mass is 9.98. The summed E-state index contributed by atoms with van der Waals surface area (Å²) in [6, 6.07) is 3.97. The van der Waals surface area contributed by atoms with Crippen molar-refractivity contribution in [3.05, 3.63) is 38.9 Å². The van der Waals surface area contributed by atoms with Gasteiger partial charge in [0.25, 0.3) is 11.6 Å². The van der Waals surface area contributed by atoms with Crippen LogP contribution in [0.4, 0.5) is 5.69 Å². The molecule has 1 amide bonds. The van der Waals surface area contributed by atoms with E-state index in [9.17, 15) is 14.9 Å². The molecule has 6 nitrogen and oxygen atoms in total. The molecule has 0 spiro atoms. The quantitative estimate of drug-likeness (QED) is 0.684. The Hall–Kier alpha value is -1.66. The van der Waals surface area contributed by atoms with E-state index in [1.165, 1.54) is 18.2 Å². The van der Waals surface area contributed by atoms with Crippen LogP contribution in [-0.2, 0) is 0 Å². The summed E-state index contributed by atoms with van der Waals surface area (Å²) in [6.07, 6.45) is 1.75. The van der Waals surface area contributed by atoms with Crippen molar-refractivity contribution in [3.8, 4) is 0 Å². The van der Waals surface area contributed by atoms with Gasteiger partial charge in [0, 0.05) is 31.3 Å². The highest BCUT2D eigenvalue weighted by atomic mass is 35.5. The topological polar surface area (TPSA) is 83.7 Å². The maximum Gasteiger partial charge on any atom is 0.287 e. The Morgan fingerprint density at radius 3 is 2.90 bits per heavy atom. The van der Waals surface area contributed by atoms with Gasteiger partial charge in [-0.3, -0.25) is 14.9 Å². The Labute approximate surface area is 121 Å². The number of aliphatic hydroxyl groups is 1. The lowest BCUT2D eigenvalue weighted by Gasteiger charge is -2.31. The van der Waals surface area contributed by atoms with E-state index in [-0.39, 0.29) is 29.1 Å². The highest BCUT2D eigenvalue weighted by Crippen LogP contribution is 2.26. The standard InChI is InChI=1S/C13H15ClN2O4/c14-11-6-10(3-4-12(11)16(19)20)13(18)15-5-1-2-9(7-15)8-17/h3-4,6,9,17H,1-2,5,7-8H2. The normalized spacial score (nSPS) is 18.9. The number of aliphatic hydroxyl groups excluding tert-OH is 1. The molecule has 1 N–H and O–H groups in total. The van der Waals surface area contributed by atoms with Crippen LogP contribution in [0.3, 0.4) is 0 Å². The Kier molecular flexibility index (Phi) is 4.57. The van der Waals surface area contributed by atoms with E-state index in [1.807, 2.05) is 0 Å². The van der Waals surface area contributed by atoms with Gasteiger partial charge in [-0.2, -0.15) is 0 Å². The molecule has 1 atom stereocenters. The smallest absolute Gasteiger partial charge is 0.287 e. The maximum absolute atomic E-state index is 12.3. The van der Waals surface area contributed by atoms with Crippen LogP contribution in [0.1, 0.15) is 23.2 Å². The highest BCUT2D eigenvalue weighted by molar-refractivity contribution is 6.33. The molecule has 1 fully saturated rings. The van der Waals surface area contributed by atoms with Gasteiger partial charge in [0.15, 0.2) is 0 Å². The molecule has 0 bridgehead atoms. The molecule has 1 saturated heterocycles. The van der Waals surface area contributed by atoms with E-state index >= 15 is 0 Å². The van der Waals surface area contributed by atoms with Crippen LogP contribution >= 0.6 is 11.6 Å². The molecule has 0 aliphatic carbocycles. The van der Waals surface area contributed by atoms with Crippen molar-refractivity contribution in [1.29, 1.82) is 0 Å². The van der Waals surface area contributed by atoms with Crippen molar-refractivity contribution >= 4 is 23.2 Å². The van der Waals surface area contributed by atoms with Crippen LogP contribution < -0.4 is 0 Å². The summed E-state index contributed by atoms with van der Waals surface area (Å²) < 4.78 is 0. The zero-order chi connectivity index (χ0) is 14.7. The minimum absolute atomic E-state index is 0.0448. The molecular weight excluding hydrogens is 284 g/mol. The van der Waals surface area contributed by atoms with Crippen LogP contribution in [0.25, 0.3) is 0 Å². The second kappa shape index (κ2) is 6.19. The van der Waals surface area contributed by atoms with Crippen LogP contribution in [0.15, 0.2) is 18.2 Å². The number of hydrogen-bond acceptors (Lipinski definition) is 4. The lowest BCUT2D eigenvalue weighted by Crippen LogP contribution is -2.40. The summed E-state index contributed by atoms with van der Waals surface area (Å²) in [4.78, 5) is 24.1. The zero-order valence-electron chi connectivity index (χ0n) is 10.8. The van der Waals surface area contributed by atoms with Crippen LogP contribution in [-0.4, -0.2) is 40.5 Å². The van der Waals surface area contributed by atoms with E-state index in [2.05, 4.69) is 0 Å². The van der Waals surface area contributed by atoms with Gasteiger partial charge in [-0.15, -0.1) is 0 Å². The first kappa shape index (κ1) is 14.7. The van der Waals surface area contributed by atoms with Crippen LogP contribution in [0.2, 0.25) is 5.02 Å². The predicted octanol–water partition coefficient (Wildman–Crippen LogP) is 2.09. The van der Waals surface area contributed by atoms with Crippen molar-refractivity contribution in [1.82, 2.24) is 4.90 Å². The number of rotatable bonds is 3. The van der Waals surface area contributed by atoms with E-state index < -0.39 is 4.92 Å². The number of carbonyl (C=O) groups excluding carboxylic acids is 1. The molecule has 7 heteroatoms. The SMILES string of the molecule is O=C(c1ccc([N+](=O)[O-])c(Cl)c1)N1CCCC(CO)C1. The molecule has 1 aliphatic rings. The first-order valence-corrected chi connectivity index (χ1v) is 6.74. The monoisotopic (exact) mass is 298 g/mol. The summed E-state index contributed by atoms with van der Waals surface area (Å²) in [7, 11) is 0. The third-order valence-corrected chi connectivity index (χ3v) is 3.76. The molecule has 0 aromatic heterocycles. The third kappa shape index (κ3) is 3.08. The predicted molar refractivity (Wildman–Crippen MR) is 73.8 cm³/mol. The molecule has 0 saturated carbocycles. The number of amides is 1. The molecule has 1 aliphatic heterocycles. The minimum Gasteiger partial charge on any atom is -0.396 e. The Morgan fingerprint density at radius 1 is 1.55 bits per heavy atom. The summed E-state index contributed by atoms with van der Waals surface area (Å²) in [5, 5.41) is 19.8. The van der Waals surface area contributed by atoms with Crippen molar-refractivity contribution in [2.45, 2.75) is 12.8 Å². The van der Waals surface area contributed by atoms with Gasteiger partial charge in [-0.05, 0) is 30.9 Å². The molecular formula is C13H15ClN2O4. The number of benzene rings is 1. The van der Waals surface area contributed by atoms with Crippen molar-refractivity contribution in [2.24, 2.45) is 5.92 Å². The van der Waals surface area contributed by atoms with Crippen molar-refractivity contribution in [3.63, 3.8) is 0 Å². The summed E-state index contributed by atoms with van der Waals surface area (Å²) in [5.74, 6) is -0.110.